The van der Waals surface area contributed by atoms with Crippen molar-refractivity contribution < 1.29 is 27.4 Å². The van der Waals surface area contributed by atoms with Gasteiger partial charge in [-0.15, -0.1) is 0 Å². The molecular formula is C30H33N3O6S. The van der Waals surface area contributed by atoms with Crippen LogP contribution in [0, 0.1) is 6.92 Å². The number of carbonyl (C=O) groups is 1. The summed E-state index contributed by atoms with van der Waals surface area (Å²) >= 11 is 0. The lowest BCUT2D eigenvalue weighted by atomic mass is 10.0. The van der Waals surface area contributed by atoms with Crippen LogP contribution in [0.3, 0.4) is 0 Å². The Kier molecular flexibility index (Phi) is 8.49. The molecule has 1 aromatic heterocycles. The number of esters is 1. The number of ether oxygens (including phenoxy) is 3. The van der Waals surface area contributed by atoms with Gasteiger partial charge in [0.2, 0.25) is 0 Å². The number of sulfonamides is 1. The maximum atomic E-state index is 13.7. The molecular weight excluding hydrogens is 530 g/mol. The second-order valence-corrected chi connectivity index (χ2v) is 11.1. The largest absolute Gasteiger partial charge is 0.496 e. The zero-order valence-electron chi connectivity index (χ0n) is 23.4. The third kappa shape index (κ3) is 5.53. The number of nitrogens with zero attached hydrogens (tertiary/aromatic N) is 2. The van der Waals surface area contributed by atoms with E-state index in [0.29, 0.717) is 22.7 Å². The molecule has 0 amide bonds. The second-order valence-electron chi connectivity index (χ2n) is 9.37. The van der Waals surface area contributed by atoms with Gasteiger partial charge in [0, 0.05) is 0 Å². The lowest BCUT2D eigenvalue weighted by Gasteiger charge is -2.19. The molecule has 10 heteroatoms. The number of hydrogen-bond acceptors (Lipinski definition) is 7. The van der Waals surface area contributed by atoms with Crippen LogP contribution in [0.5, 0.6) is 11.5 Å². The molecule has 1 N–H and O–H groups in total. The monoisotopic (exact) mass is 563 g/mol. The Labute approximate surface area is 234 Å². The predicted molar refractivity (Wildman–Crippen MR) is 154 cm³/mol. The first kappa shape index (κ1) is 28.7. The molecule has 0 aliphatic carbocycles. The Balaban J connectivity index is 2.13. The highest BCUT2D eigenvalue weighted by Gasteiger charge is 2.33. The Morgan fingerprint density at radius 2 is 1.57 bits per heavy atom. The van der Waals surface area contributed by atoms with Crippen LogP contribution in [0.4, 0.5) is 5.69 Å². The van der Waals surface area contributed by atoms with Crippen LogP contribution < -0.4 is 14.2 Å². The zero-order chi connectivity index (χ0) is 29.0. The van der Waals surface area contributed by atoms with Gasteiger partial charge in [-0.05, 0) is 55.7 Å². The minimum absolute atomic E-state index is 0.0289. The van der Waals surface area contributed by atoms with Crippen LogP contribution in [-0.4, -0.2) is 45.0 Å². The summed E-state index contributed by atoms with van der Waals surface area (Å²) in [5, 5.41) is 4.67. The topological polar surface area (TPSA) is 109 Å². The molecule has 1 heterocycles. The van der Waals surface area contributed by atoms with Gasteiger partial charge in [0.1, 0.15) is 22.9 Å². The second kappa shape index (κ2) is 11.8. The number of methoxy groups -OCH3 is 2. The van der Waals surface area contributed by atoms with Crippen LogP contribution in [0.15, 0.2) is 71.6 Å². The van der Waals surface area contributed by atoms with Gasteiger partial charge in [0.15, 0.2) is 5.69 Å². The molecule has 0 atom stereocenters. The summed E-state index contributed by atoms with van der Waals surface area (Å²) in [6, 6.07) is 19.2. The third-order valence-corrected chi connectivity index (χ3v) is 7.74. The van der Waals surface area contributed by atoms with E-state index in [9.17, 15) is 13.2 Å². The molecule has 0 radical (unpaired) electrons. The molecule has 0 unspecified atom stereocenters. The average Bonchev–Trinajstić information content (AvgIpc) is 3.30. The molecule has 0 saturated carbocycles. The number of carbonyl (C=O) groups excluding carboxylic acids is 1. The molecule has 3 aromatic carbocycles. The smallest absolute Gasteiger partial charge is 0.361 e. The maximum Gasteiger partial charge on any atom is 0.361 e. The average molecular weight is 564 g/mol. The molecule has 0 fully saturated rings. The SMILES string of the molecule is CCOC(=O)c1nn(-c2ccccc2C(C)C)c(-c2c(OC)cccc2OC)c1NS(=O)(=O)c1ccc(C)cc1. The van der Waals surface area contributed by atoms with Crippen LogP contribution in [-0.2, 0) is 14.8 Å². The summed E-state index contributed by atoms with van der Waals surface area (Å²) in [6.45, 7) is 7.69. The lowest BCUT2D eigenvalue weighted by Crippen LogP contribution is -2.16. The number of anilines is 1. The molecule has 4 rings (SSSR count). The lowest BCUT2D eigenvalue weighted by molar-refractivity contribution is 0.0520. The summed E-state index contributed by atoms with van der Waals surface area (Å²) in [6.07, 6.45) is 0. The van der Waals surface area contributed by atoms with Crippen molar-refractivity contribution in [1.82, 2.24) is 9.78 Å². The molecule has 4 aromatic rings. The van der Waals surface area contributed by atoms with Gasteiger partial charge >= 0.3 is 5.97 Å². The van der Waals surface area contributed by atoms with Gasteiger partial charge in [0.05, 0.1) is 37.0 Å². The summed E-state index contributed by atoms with van der Waals surface area (Å²) in [5.74, 6) is 0.106. The van der Waals surface area contributed by atoms with E-state index >= 15 is 0 Å². The van der Waals surface area contributed by atoms with Gasteiger partial charge in [-0.2, -0.15) is 5.10 Å². The van der Waals surface area contributed by atoms with Gasteiger partial charge in [-0.3, -0.25) is 4.72 Å². The third-order valence-electron chi connectivity index (χ3n) is 6.37. The Hall–Kier alpha value is -4.31. The van der Waals surface area contributed by atoms with Gasteiger partial charge < -0.3 is 14.2 Å². The van der Waals surface area contributed by atoms with Crippen molar-refractivity contribution in [2.24, 2.45) is 0 Å². The van der Waals surface area contributed by atoms with Crippen LogP contribution in [0.25, 0.3) is 16.9 Å². The minimum Gasteiger partial charge on any atom is -0.496 e. The van der Waals surface area contributed by atoms with Crippen LogP contribution in [0.2, 0.25) is 0 Å². The van der Waals surface area contributed by atoms with E-state index in [0.717, 1.165) is 11.1 Å². The van der Waals surface area contributed by atoms with E-state index in [4.69, 9.17) is 14.2 Å². The molecule has 210 valence electrons. The Morgan fingerprint density at radius 1 is 0.950 bits per heavy atom. The van der Waals surface area contributed by atoms with Crippen molar-refractivity contribution in [1.29, 1.82) is 0 Å². The van der Waals surface area contributed by atoms with E-state index in [2.05, 4.69) is 9.82 Å². The highest BCUT2D eigenvalue weighted by atomic mass is 32.2. The minimum atomic E-state index is -4.16. The number of benzene rings is 3. The molecule has 0 spiro atoms. The molecule has 0 bridgehead atoms. The van der Waals surface area contributed by atoms with Crippen molar-refractivity contribution >= 4 is 21.7 Å². The Morgan fingerprint density at radius 3 is 2.15 bits per heavy atom. The van der Waals surface area contributed by atoms with E-state index < -0.39 is 16.0 Å². The fourth-order valence-corrected chi connectivity index (χ4v) is 5.50. The first-order valence-corrected chi connectivity index (χ1v) is 14.3. The summed E-state index contributed by atoms with van der Waals surface area (Å²) < 4.78 is 48.3. The number of para-hydroxylation sites is 1. The van der Waals surface area contributed by atoms with Crippen molar-refractivity contribution in [3.8, 4) is 28.4 Å². The number of hydrogen-bond donors (Lipinski definition) is 1. The first-order valence-electron chi connectivity index (χ1n) is 12.8. The summed E-state index contributed by atoms with van der Waals surface area (Å²) in [4.78, 5) is 13.3. The van der Waals surface area contributed by atoms with Crippen molar-refractivity contribution in [3.05, 3.63) is 83.6 Å². The predicted octanol–water partition coefficient (Wildman–Crippen LogP) is 5.97. The molecule has 9 nitrogen and oxygen atoms in total. The van der Waals surface area contributed by atoms with Crippen molar-refractivity contribution in [3.63, 3.8) is 0 Å². The molecule has 0 aliphatic rings. The fourth-order valence-electron chi connectivity index (χ4n) is 4.43. The maximum absolute atomic E-state index is 13.7. The van der Waals surface area contributed by atoms with Crippen molar-refractivity contribution in [2.75, 3.05) is 25.5 Å². The fraction of sp³-hybridized carbons (Fsp3) is 0.267. The van der Waals surface area contributed by atoms with E-state index in [1.54, 1.807) is 41.9 Å². The van der Waals surface area contributed by atoms with Crippen molar-refractivity contribution in [2.45, 2.75) is 38.5 Å². The highest BCUT2D eigenvalue weighted by Crippen LogP contribution is 2.45. The van der Waals surface area contributed by atoms with E-state index in [1.807, 2.05) is 45.0 Å². The summed E-state index contributed by atoms with van der Waals surface area (Å²) in [5.41, 5.74) is 2.93. The summed E-state index contributed by atoms with van der Waals surface area (Å²) in [7, 11) is -1.15. The number of rotatable bonds is 10. The van der Waals surface area contributed by atoms with Gasteiger partial charge in [0.25, 0.3) is 10.0 Å². The molecule has 0 aliphatic heterocycles. The normalized spacial score (nSPS) is 11.4. The zero-order valence-corrected chi connectivity index (χ0v) is 24.2. The number of nitrogens with one attached hydrogen (secondary N) is 1. The van der Waals surface area contributed by atoms with Gasteiger partial charge in [-0.25, -0.2) is 17.9 Å². The number of aromatic nitrogens is 2. The van der Waals surface area contributed by atoms with E-state index in [1.165, 1.54) is 26.4 Å². The van der Waals surface area contributed by atoms with Crippen LogP contribution >= 0.6 is 0 Å². The van der Waals surface area contributed by atoms with E-state index in [-0.39, 0.29) is 34.5 Å². The highest BCUT2D eigenvalue weighted by molar-refractivity contribution is 7.92. The van der Waals surface area contributed by atoms with Gasteiger partial charge in [-0.1, -0.05) is 55.8 Å². The first-order chi connectivity index (χ1) is 19.1. The molecule has 0 saturated heterocycles. The quantitative estimate of drug-likeness (QED) is 0.237. The standard InChI is InChI=1S/C30H33N3O6S/c1-7-39-30(34)28-27(32-40(35,36)21-17-15-20(4)16-18-21)29(26-24(37-5)13-10-14-25(26)38-6)33(31-28)23-12-9-8-11-22(23)19(2)3/h8-19,32H,7H2,1-6H3. The Bertz CT molecular complexity index is 1600. The van der Waals surface area contributed by atoms with Crippen LogP contribution in [0.1, 0.15) is 48.3 Å². The number of aryl methyl sites for hydroxylation is 1. The molecule has 40 heavy (non-hydrogen) atoms.